The van der Waals surface area contributed by atoms with E-state index in [4.69, 9.17) is 22.1 Å². The van der Waals surface area contributed by atoms with E-state index in [-0.39, 0.29) is 12.0 Å². The molecular formula is C14H19ClN2O2. The van der Waals surface area contributed by atoms with Gasteiger partial charge >= 0.3 is 0 Å². The maximum absolute atomic E-state index is 11.8. The van der Waals surface area contributed by atoms with Gasteiger partial charge in [0.05, 0.1) is 11.1 Å². The molecule has 2 rings (SSSR count). The Kier molecular flexibility index (Phi) is 4.66. The van der Waals surface area contributed by atoms with E-state index in [9.17, 15) is 4.79 Å². The maximum atomic E-state index is 11.8. The van der Waals surface area contributed by atoms with Crippen molar-refractivity contribution in [3.05, 3.63) is 29.3 Å². The smallest absolute Gasteiger partial charge is 0.239 e. The van der Waals surface area contributed by atoms with Crippen molar-refractivity contribution in [2.75, 3.05) is 13.1 Å². The van der Waals surface area contributed by atoms with Crippen LogP contribution in [0.15, 0.2) is 24.3 Å². The summed E-state index contributed by atoms with van der Waals surface area (Å²) in [5.74, 6) is 0.720. The summed E-state index contributed by atoms with van der Waals surface area (Å²) >= 11 is 6.06. The molecule has 1 atom stereocenters. The molecule has 1 heterocycles. The van der Waals surface area contributed by atoms with Crippen molar-refractivity contribution >= 4 is 17.5 Å². The molecule has 4 nitrogen and oxygen atoms in total. The highest BCUT2D eigenvalue weighted by atomic mass is 35.5. The van der Waals surface area contributed by atoms with Crippen molar-refractivity contribution in [3.8, 4) is 5.75 Å². The number of nitrogens with zero attached hydrogens (tertiary/aromatic N) is 1. The van der Waals surface area contributed by atoms with E-state index in [1.54, 1.807) is 11.8 Å². The molecule has 5 heteroatoms. The first kappa shape index (κ1) is 14.2. The number of likely N-dealkylation sites (tertiary alicyclic amines) is 1. The van der Waals surface area contributed by atoms with Crippen molar-refractivity contribution < 1.29 is 9.53 Å². The minimum atomic E-state index is -0.430. The van der Waals surface area contributed by atoms with Crippen LogP contribution in [0.5, 0.6) is 5.75 Å². The van der Waals surface area contributed by atoms with Gasteiger partial charge in [-0.05, 0) is 19.1 Å². The zero-order valence-corrected chi connectivity index (χ0v) is 11.8. The molecule has 19 heavy (non-hydrogen) atoms. The van der Waals surface area contributed by atoms with E-state index >= 15 is 0 Å². The second-order valence-electron chi connectivity index (χ2n) is 4.86. The molecule has 0 radical (unpaired) electrons. The highest BCUT2D eigenvalue weighted by molar-refractivity contribution is 6.32. The van der Waals surface area contributed by atoms with Crippen LogP contribution in [0.25, 0.3) is 0 Å². The summed E-state index contributed by atoms with van der Waals surface area (Å²) in [7, 11) is 0. The van der Waals surface area contributed by atoms with Gasteiger partial charge in [-0.15, -0.1) is 0 Å². The third-order valence-electron chi connectivity index (χ3n) is 3.27. The van der Waals surface area contributed by atoms with Crippen LogP contribution in [0.4, 0.5) is 0 Å². The van der Waals surface area contributed by atoms with Crippen molar-refractivity contribution in [2.24, 2.45) is 5.73 Å². The summed E-state index contributed by atoms with van der Waals surface area (Å²) in [6, 6.07) is 7.02. The third-order valence-corrected chi connectivity index (χ3v) is 3.59. The fourth-order valence-corrected chi connectivity index (χ4v) is 2.38. The van der Waals surface area contributed by atoms with Crippen LogP contribution < -0.4 is 10.5 Å². The number of rotatable bonds is 3. The van der Waals surface area contributed by atoms with E-state index in [0.29, 0.717) is 23.9 Å². The van der Waals surface area contributed by atoms with Crippen LogP contribution in [-0.2, 0) is 4.79 Å². The van der Waals surface area contributed by atoms with Crippen LogP contribution in [-0.4, -0.2) is 36.0 Å². The van der Waals surface area contributed by atoms with Gasteiger partial charge in [-0.2, -0.15) is 0 Å². The highest BCUT2D eigenvalue weighted by Gasteiger charge is 2.25. The van der Waals surface area contributed by atoms with Crippen molar-refractivity contribution in [3.63, 3.8) is 0 Å². The lowest BCUT2D eigenvalue weighted by atomic mass is 10.1. The van der Waals surface area contributed by atoms with Crippen LogP contribution >= 0.6 is 11.6 Å². The lowest BCUT2D eigenvalue weighted by Gasteiger charge is -2.33. The summed E-state index contributed by atoms with van der Waals surface area (Å²) < 4.78 is 5.87. The molecule has 1 aliphatic heterocycles. The van der Waals surface area contributed by atoms with Gasteiger partial charge in [0.2, 0.25) is 5.91 Å². The van der Waals surface area contributed by atoms with E-state index in [0.717, 1.165) is 12.8 Å². The molecule has 0 aromatic heterocycles. The fourth-order valence-electron chi connectivity index (χ4n) is 2.20. The quantitative estimate of drug-likeness (QED) is 0.923. The number of carbonyl (C=O) groups excluding carboxylic acids is 1. The normalized spacial score (nSPS) is 18.2. The topological polar surface area (TPSA) is 55.6 Å². The largest absolute Gasteiger partial charge is 0.489 e. The van der Waals surface area contributed by atoms with Gasteiger partial charge in [-0.25, -0.2) is 0 Å². The highest BCUT2D eigenvalue weighted by Crippen LogP contribution is 2.26. The summed E-state index contributed by atoms with van der Waals surface area (Å²) in [6.07, 6.45) is 1.73. The maximum Gasteiger partial charge on any atom is 0.239 e. The molecule has 1 fully saturated rings. The first-order chi connectivity index (χ1) is 9.08. The number of piperidine rings is 1. The molecule has 1 aromatic rings. The zero-order valence-electron chi connectivity index (χ0n) is 11.0. The molecule has 0 aliphatic carbocycles. The van der Waals surface area contributed by atoms with Crippen molar-refractivity contribution in [2.45, 2.75) is 31.9 Å². The van der Waals surface area contributed by atoms with Gasteiger partial charge < -0.3 is 15.4 Å². The standard InChI is InChI=1S/C14H19ClN2O2/c1-10(16)14(18)17-8-6-11(7-9-17)19-13-5-3-2-4-12(13)15/h2-5,10-11H,6-9,16H2,1H3. The minimum Gasteiger partial charge on any atom is -0.489 e. The lowest BCUT2D eigenvalue weighted by molar-refractivity contribution is -0.133. The second-order valence-corrected chi connectivity index (χ2v) is 5.27. The number of nitrogens with two attached hydrogens (primary N) is 1. The number of hydrogen-bond acceptors (Lipinski definition) is 3. The number of hydrogen-bond donors (Lipinski definition) is 1. The molecule has 1 aliphatic rings. The Labute approximate surface area is 118 Å². The van der Waals surface area contributed by atoms with Gasteiger partial charge in [-0.3, -0.25) is 4.79 Å². The molecule has 0 bridgehead atoms. The van der Waals surface area contributed by atoms with Gasteiger partial charge in [0.1, 0.15) is 11.9 Å². The van der Waals surface area contributed by atoms with Crippen molar-refractivity contribution in [1.82, 2.24) is 4.90 Å². The van der Waals surface area contributed by atoms with E-state index in [1.165, 1.54) is 0 Å². The number of halogens is 1. The Morgan fingerprint density at radius 1 is 1.42 bits per heavy atom. The monoisotopic (exact) mass is 282 g/mol. The predicted octanol–water partition coefficient (Wildman–Crippen LogP) is 2.06. The van der Waals surface area contributed by atoms with Crippen LogP contribution in [0, 0.1) is 0 Å². The lowest BCUT2D eigenvalue weighted by Crippen LogP contribution is -2.47. The average molecular weight is 283 g/mol. The summed E-state index contributed by atoms with van der Waals surface area (Å²) in [5.41, 5.74) is 5.60. The Balaban J connectivity index is 1.87. The summed E-state index contributed by atoms with van der Waals surface area (Å²) in [4.78, 5) is 13.6. The fraction of sp³-hybridized carbons (Fsp3) is 0.500. The SMILES string of the molecule is CC(N)C(=O)N1CCC(Oc2ccccc2Cl)CC1. The molecule has 0 saturated carbocycles. The molecule has 1 amide bonds. The molecule has 1 aromatic carbocycles. The third kappa shape index (κ3) is 3.61. The number of amides is 1. The molecule has 0 spiro atoms. The van der Waals surface area contributed by atoms with E-state index < -0.39 is 6.04 Å². The van der Waals surface area contributed by atoms with E-state index in [1.807, 2.05) is 24.3 Å². The first-order valence-corrected chi connectivity index (χ1v) is 6.91. The Bertz CT molecular complexity index is 443. The number of ether oxygens (including phenoxy) is 1. The molecular weight excluding hydrogens is 264 g/mol. The first-order valence-electron chi connectivity index (χ1n) is 6.53. The van der Waals surface area contributed by atoms with Crippen LogP contribution in [0.1, 0.15) is 19.8 Å². The Morgan fingerprint density at radius 2 is 2.05 bits per heavy atom. The Hall–Kier alpha value is -1.26. The van der Waals surface area contributed by atoms with Gasteiger partial charge in [0.25, 0.3) is 0 Å². The zero-order chi connectivity index (χ0) is 13.8. The van der Waals surface area contributed by atoms with Gasteiger partial charge in [0.15, 0.2) is 0 Å². The van der Waals surface area contributed by atoms with Crippen molar-refractivity contribution in [1.29, 1.82) is 0 Å². The molecule has 1 saturated heterocycles. The average Bonchev–Trinajstić information content (AvgIpc) is 2.41. The molecule has 2 N–H and O–H groups in total. The van der Waals surface area contributed by atoms with E-state index in [2.05, 4.69) is 0 Å². The van der Waals surface area contributed by atoms with Gasteiger partial charge in [0, 0.05) is 25.9 Å². The van der Waals surface area contributed by atoms with Gasteiger partial charge in [-0.1, -0.05) is 23.7 Å². The van der Waals surface area contributed by atoms with Crippen LogP contribution in [0.3, 0.4) is 0 Å². The minimum absolute atomic E-state index is 0.0104. The number of carbonyl (C=O) groups is 1. The predicted molar refractivity (Wildman–Crippen MR) is 75.3 cm³/mol. The molecule has 104 valence electrons. The van der Waals surface area contributed by atoms with Crippen LogP contribution in [0.2, 0.25) is 5.02 Å². The summed E-state index contributed by atoms with van der Waals surface area (Å²) in [6.45, 7) is 3.10. The second kappa shape index (κ2) is 6.26. The molecule has 1 unspecified atom stereocenters. The summed E-state index contributed by atoms with van der Waals surface area (Å²) in [5, 5.41) is 0.622. The number of para-hydroxylation sites is 1. The Morgan fingerprint density at radius 3 is 2.63 bits per heavy atom. The number of benzene rings is 1.